The molecule has 0 amide bonds. The van der Waals surface area contributed by atoms with E-state index in [2.05, 4.69) is 10.6 Å². The second kappa shape index (κ2) is 4.57. The van der Waals surface area contributed by atoms with E-state index in [0.29, 0.717) is 16.9 Å². The van der Waals surface area contributed by atoms with E-state index >= 15 is 0 Å². The van der Waals surface area contributed by atoms with Gasteiger partial charge in [0.15, 0.2) is 16.6 Å². The number of anilines is 1. The van der Waals surface area contributed by atoms with Gasteiger partial charge in [-0.1, -0.05) is 0 Å². The van der Waals surface area contributed by atoms with Crippen LogP contribution in [0.1, 0.15) is 12.8 Å². The van der Waals surface area contributed by atoms with E-state index in [1.54, 1.807) is 18.2 Å². The Morgan fingerprint density at radius 2 is 2.25 bits per heavy atom. The van der Waals surface area contributed by atoms with Gasteiger partial charge in [-0.3, -0.25) is 0 Å². The fourth-order valence-corrected chi connectivity index (χ4v) is 1.63. The molecule has 0 unspecified atom stereocenters. The second-order valence-electron chi connectivity index (χ2n) is 3.76. The number of benzene rings is 1. The van der Waals surface area contributed by atoms with Gasteiger partial charge in [0.25, 0.3) is 0 Å². The quantitative estimate of drug-likeness (QED) is 0.702. The van der Waals surface area contributed by atoms with Crippen LogP contribution >= 0.6 is 12.2 Å². The molecule has 0 atom stereocenters. The van der Waals surface area contributed by atoms with Gasteiger partial charge in [0, 0.05) is 17.8 Å². The summed E-state index contributed by atoms with van der Waals surface area (Å²) in [6.45, 7) is 0. The first-order valence-corrected chi connectivity index (χ1v) is 5.54. The van der Waals surface area contributed by atoms with Crippen LogP contribution in [0.5, 0.6) is 11.5 Å². The molecule has 0 heterocycles. The zero-order valence-corrected chi connectivity index (χ0v) is 9.80. The molecular weight excluding hydrogens is 224 g/mol. The Morgan fingerprint density at radius 1 is 1.50 bits per heavy atom. The lowest BCUT2D eigenvalue weighted by atomic mass is 10.3. The summed E-state index contributed by atoms with van der Waals surface area (Å²) in [5, 5.41) is 16.3. The Morgan fingerprint density at radius 3 is 2.81 bits per heavy atom. The number of hydrogen-bond donors (Lipinski definition) is 3. The first-order chi connectivity index (χ1) is 7.69. The van der Waals surface area contributed by atoms with Crippen LogP contribution in [-0.4, -0.2) is 23.4 Å². The average molecular weight is 238 g/mol. The molecule has 0 saturated heterocycles. The number of phenolic OH excluding ortho intramolecular Hbond substituents is 1. The van der Waals surface area contributed by atoms with Crippen LogP contribution in [-0.2, 0) is 0 Å². The largest absolute Gasteiger partial charge is 0.504 e. The van der Waals surface area contributed by atoms with Crippen molar-refractivity contribution in [1.82, 2.24) is 5.32 Å². The molecule has 0 spiro atoms. The number of hydrogen-bond acceptors (Lipinski definition) is 3. The van der Waals surface area contributed by atoms with Crippen LogP contribution in [0.3, 0.4) is 0 Å². The van der Waals surface area contributed by atoms with Gasteiger partial charge >= 0.3 is 0 Å². The minimum absolute atomic E-state index is 0.0988. The molecule has 1 saturated carbocycles. The summed E-state index contributed by atoms with van der Waals surface area (Å²) in [4.78, 5) is 0. The minimum atomic E-state index is 0.0988. The van der Waals surface area contributed by atoms with Crippen molar-refractivity contribution < 1.29 is 9.84 Å². The molecule has 5 heteroatoms. The van der Waals surface area contributed by atoms with E-state index < -0.39 is 0 Å². The fraction of sp³-hybridized carbons (Fsp3) is 0.364. The van der Waals surface area contributed by atoms with Crippen molar-refractivity contribution in [2.45, 2.75) is 18.9 Å². The van der Waals surface area contributed by atoms with Crippen molar-refractivity contribution in [3.63, 3.8) is 0 Å². The predicted octanol–water partition coefficient (Wildman–Crippen LogP) is 1.85. The first-order valence-electron chi connectivity index (χ1n) is 5.13. The normalized spacial score (nSPS) is 14.3. The van der Waals surface area contributed by atoms with Crippen LogP contribution in [0.4, 0.5) is 5.69 Å². The van der Waals surface area contributed by atoms with E-state index in [1.807, 2.05) is 0 Å². The van der Waals surface area contributed by atoms with Crippen LogP contribution in [0.2, 0.25) is 0 Å². The number of rotatable bonds is 3. The smallest absolute Gasteiger partial charge is 0.170 e. The number of phenols is 1. The number of aromatic hydroxyl groups is 1. The van der Waals surface area contributed by atoms with Gasteiger partial charge in [0.2, 0.25) is 0 Å². The molecule has 0 aromatic heterocycles. The molecule has 1 fully saturated rings. The molecule has 4 nitrogen and oxygen atoms in total. The molecule has 0 aliphatic heterocycles. The topological polar surface area (TPSA) is 53.5 Å². The van der Waals surface area contributed by atoms with Crippen molar-refractivity contribution in [3.05, 3.63) is 18.2 Å². The standard InChI is InChI=1S/C11H14N2O2S/c1-15-10-5-4-8(6-9(10)14)13-11(16)12-7-2-3-7/h4-7,14H,2-3H2,1H3,(H2,12,13,16). The second-order valence-corrected chi connectivity index (χ2v) is 4.17. The highest BCUT2D eigenvalue weighted by Gasteiger charge is 2.21. The third-order valence-electron chi connectivity index (χ3n) is 2.35. The first kappa shape index (κ1) is 11.0. The zero-order valence-electron chi connectivity index (χ0n) is 8.99. The SMILES string of the molecule is COc1ccc(NC(=S)NC2CC2)cc1O. The van der Waals surface area contributed by atoms with Crippen molar-refractivity contribution in [2.75, 3.05) is 12.4 Å². The molecular formula is C11H14N2O2S. The van der Waals surface area contributed by atoms with Gasteiger partial charge in [-0.2, -0.15) is 0 Å². The number of ether oxygens (including phenoxy) is 1. The molecule has 0 bridgehead atoms. The summed E-state index contributed by atoms with van der Waals surface area (Å²) in [5.74, 6) is 0.549. The highest BCUT2D eigenvalue weighted by atomic mass is 32.1. The summed E-state index contributed by atoms with van der Waals surface area (Å²) >= 11 is 5.12. The molecule has 1 aromatic carbocycles. The Hall–Kier alpha value is -1.49. The van der Waals surface area contributed by atoms with E-state index in [-0.39, 0.29) is 5.75 Å². The molecule has 1 aliphatic carbocycles. The highest BCUT2D eigenvalue weighted by Crippen LogP contribution is 2.28. The highest BCUT2D eigenvalue weighted by molar-refractivity contribution is 7.80. The lowest BCUT2D eigenvalue weighted by Crippen LogP contribution is -2.30. The third-order valence-corrected chi connectivity index (χ3v) is 2.57. The van der Waals surface area contributed by atoms with Gasteiger partial charge in [-0.25, -0.2) is 0 Å². The lowest BCUT2D eigenvalue weighted by Gasteiger charge is -2.10. The summed E-state index contributed by atoms with van der Waals surface area (Å²) in [5.41, 5.74) is 0.747. The van der Waals surface area contributed by atoms with Gasteiger partial charge < -0.3 is 20.5 Å². The molecule has 0 radical (unpaired) electrons. The van der Waals surface area contributed by atoms with E-state index in [4.69, 9.17) is 17.0 Å². The molecule has 86 valence electrons. The summed E-state index contributed by atoms with van der Waals surface area (Å²) in [7, 11) is 1.52. The Balaban J connectivity index is 1.97. The van der Waals surface area contributed by atoms with Gasteiger partial charge in [0.1, 0.15) is 0 Å². The third kappa shape index (κ3) is 2.76. The zero-order chi connectivity index (χ0) is 11.5. The van der Waals surface area contributed by atoms with Crippen molar-refractivity contribution >= 4 is 23.0 Å². The summed E-state index contributed by atoms with van der Waals surface area (Å²) < 4.78 is 4.95. The molecule has 3 N–H and O–H groups in total. The molecule has 1 aromatic rings. The van der Waals surface area contributed by atoms with Crippen molar-refractivity contribution in [1.29, 1.82) is 0 Å². The van der Waals surface area contributed by atoms with Gasteiger partial charge in [0.05, 0.1) is 7.11 Å². The van der Waals surface area contributed by atoms with Crippen LogP contribution < -0.4 is 15.4 Å². The van der Waals surface area contributed by atoms with E-state index in [1.165, 1.54) is 20.0 Å². The fourth-order valence-electron chi connectivity index (χ4n) is 1.35. The Labute approximate surface area is 99.6 Å². The van der Waals surface area contributed by atoms with Crippen LogP contribution in [0, 0.1) is 0 Å². The number of thiocarbonyl (C=S) groups is 1. The molecule has 2 rings (SSSR count). The van der Waals surface area contributed by atoms with Crippen molar-refractivity contribution in [2.24, 2.45) is 0 Å². The monoisotopic (exact) mass is 238 g/mol. The maximum atomic E-state index is 9.57. The van der Waals surface area contributed by atoms with Crippen LogP contribution in [0.15, 0.2) is 18.2 Å². The predicted molar refractivity (Wildman–Crippen MR) is 67.0 cm³/mol. The number of methoxy groups -OCH3 is 1. The maximum absolute atomic E-state index is 9.57. The maximum Gasteiger partial charge on any atom is 0.170 e. The van der Waals surface area contributed by atoms with E-state index in [0.717, 1.165) is 5.69 Å². The molecule has 1 aliphatic rings. The van der Waals surface area contributed by atoms with E-state index in [9.17, 15) is 5.11 Å². The van der Waals surface area contributed by atoms with Gasteiger partial charge in [-0.05, 0) is 37.2 Å². The summed E-state index contributed by atoms with van der Waals surface area (Å²) in [6, 6.07) is 5.60. The van der Waals surface area contributed by atoms with Gasteiger partial charge in [-0.15, -0.1) is 0 Å². The minimum Gasteiger partial charge on any atom is -0.504 e. The number of nitrogens with one attached hydrogen (secondary N) is 2. The van der Waals surface area contributed by atoms with Crippen LogP contribution in [0.25, 0.3) is 0 Å². The lowest BCUT2D eigenvalue weighted by molar-refractivity contribution is 0.373. The molecule has 16 heavy (non-hydrogen) atoms. The average Bonchev–Trinajstić information content (AvgIpc) is 3.01. The Bertz CT molecular complexity index is 405. The summed E-state index contributed by atoms with van der Waals surface area (Å²) in [6.07, 6.45) is 2.35. The van der Waals surface area contributed by atoms with Crippen molar-refractivity contribution in [3.8, 4) is 11.5 Å². The Kier molecular flexibility index (Phi) is 3.14.